The predicted octanol–water partition coefficient (Wildman–Crippen LogP) is 0.277. The van der Waals surface area contributed by atoms with E-state index in [-0.39, 0.29) is 23.7 Å². The fraction of sp³-hybridized carbons (Fsp3) is 0.333. The number of H-pyrrole nitrogens is 1. The summed E-state index contributed by atoms with van der Waals surface area (Å²) in [5.41, 5.74) is 5.68. The van der Waals surface area contributed by atoms with Crippen molar-refractivity contribution in [2.45, 2.75) is 20.3 Å². The van der Waals surface area contributed by atoms with Crippen molar-refractivity contribution in [3.05, 3.63) is 34.0 Å². The number of rotatable bonds is 4. The van der Waals surface area contributed by atoms with Crippen molar-refractivity contribution in [2.75, 3.05) is 12.3 Å². The Morgan fingerprint density at radius 1 is 1.45 bits per heavy atom. The topological polar surface area (TPSA) is 116 Å². The summed E-state index contributed by atoms with van der Waals surface area (Å²) >= 11 is 0. The third-order valence-electron chi connectivity index (χ3n) is 2.66. The van der Waals surface area contributed by atoms with Gasteiger partial charge in [0.25, 0.3) is 5.56 Å². The lowest BCUT2D eigenvalue weighted by Gasteiger charge is -2.06. The van der Waals surface area contributed by atoms with E-state index in [1.54, 1.807) is 6.92 Å². The summed E-state index contributed by atoms with van der Waals surface area (Å²) in [6, 6.07) is 2.83. The normalized spacial score (nSPS) is 10.5. The Bertz CT molecular complexity index is 668. The summed E-state index contributed by atoms with van der Waals surface area (Å²) in [6.07, 6.45) is 0.546. The number of nitrogen functional groups attached to an aromatic ring is 1. The molecule has 0 saturated heterocycles. The number of aryl methyl sites for hydroxylation is 1. The highest BCUT2D eigenvalue weighted by Crippen LogP contribution is 2.20. The van der Waals surface area contributed by atoms with E-state index in [4.69, 9.17) is 10.5 Å². The van der Waals surface area contributed by atoms with Crippen molar-refractivity contribution in [1.29, 1.82) is 0 Å². The second-order valence-corrected chi connectivity index (χ2v) is 3.95. The van der Waals surface area contributed by atoms with Crippen LogP contribution in [0.5, 0.6) is 0 Å². The van der Waals surface area contributed by atoms with Crippen LogP contribution in [0.15, 0.2) is 16.9 Å². The van der Waals surface area contributed by atoms with E-state index < -0.39 is 5.97 Å². The first kappa shape index (κ1) is 13.8. The zero-order chi connectivity index (χ0) is 14.7. The van der Waals surface area contributed by atoms with Gasteiger partial charge in [0.2, 0.25) is 0 Å². The van der Waals surface area contributed by atoms with Crippen LogP contribution in [0.3, 0.4) is 0 Å². The SMILES string of the molecule is CCOC(=O)c1nc(CC)n(-c2ccc(=O)[nH]n2)c1N. The monoisotopic (exact) mass is 277 g/mol. The second kappa shape index (κ2) is 5.55. The van der Waals surface area contributed by atoms with E-state index in [0.29, 0.717) is 18.1 Å². The van der Waals surface area contributed by atoms with Gasteiger partial charge in [0.05, 0.1) is 6.61 Å². The van der Waals surface area contributed by atoms with Crippen molar-refractivity contribution < 1.29 is 9.53 Å². The Balaban J connectivity index is 2.55. The largest absolute Gasteiger partial charge is 0.461 e. The van der Waals surface area contributed by atoms with Crippen molar-refractivity contribution >= 4 is 11.8 Å². The average molecular weight is 277 g/mol. The summed E-state index contributed by atoms with van der Waals surface area (Å²) in [4.78, 5) is 27.0. The molecule has 2 heterocycles. The van der Waals surface area contributed by atoms with Crippen LogP contribution in [0.25, 0.3) is 5.82 Å². The standard InChI is InChI=1S/C12H15N5O3/c1-3-7-14-10(12(19)20-4-2)11(13)17(7)8-5-6-9(18)16-15-8/h5-6H,3-4,13H2,1-2H3,(H,16,18). The molecule has 3 N–H and O–H groups in total. The van der Waals surface area contributed by atoms with Crippen molar-refractivity contribution in [3.63, 3.8) is 0 Å². The summed E-state index contributed by atoms with van der Waals surface area (Å²) in [5, 5.41) is 6.20. The van der Waals surface area contributed by atoms with Crippen molar-refractivity contribution in [2.24, 2.45) is 0 Å². The molecule has 8 nitrogen and oxygen atoms in total. The van der Waals surface area contributed by atoms with Crippen LogP contribution in [0.1, 0.15) is 30.2 Å². The second-order valence-electron chi connectivity index (χ2n) is 3.95. The van der Waals surface area contributed by atoms with Crippen LogP contribution in [0.2, 0.25) is 0 Å². The number of aromatic nitrogens is 4. The maximum atomic E-state index is 11.8. The number of carbonyl (C=O) groups is 1. The van der Waals surface area contributed by atoms with Crippen LogP contribution in [0, 0.1) is 0 Å². The lowest BCUT2D eigenvalue weighted by atomic mass is 10.4. The van der Waals surface area contributed by atoms with Gasteiger partial charge in [0, 0.05) is 12.5 Å². The number of carbonyl (C=O) groups excluding carboxylic acids is 1. The molecule has 106 valence electrons. The lowest BCUT2D eigenvalue weighted by Crippen LogP contribution is -2.13. The van der Waals surface area contributed by atoms with Crippen LogP contribution in [0.4, 0.5) is 5.82 Å². The molecule has 2 aromatic heterocycles. The third-order valence-corrected chi connectivity index (χ3v) is 2.66. The molecule has 0 aliphatic carbocycles. The molecule has 0 amide bonds. The molecule has 0 fully saturated rings. The van der Waals surface area contributed by atoms with E-state index in [1.165, 1.54) is 16.7 Å². The van der Waals surface area contributed by atoms with Gasteiger partial charge in [-0.15, -0.1) is 0 Å². The molecule has 2 rings (SSSR count). The number of anilines is 1. The number of ether oxygens (including phenoxy) is 1. The summed E-state index contributed by atoms with van der Waals surface area (Å²) in [7, 11) is 0. The number of nitrogens with two attached hydrogens (primary N) is 1. The average Bonchev–Trinajstić information content (AvgIpc) is 2.77. The number of imidazole rings is 1. The van der Waals surface area contributed by atoms with Gasteiger partial charge < -0.3 is 10.5 Å². The molecule has 8 heteroatoms. The number of aromatic amines is 1. The fourth-order valence-corrected chi connectivity index (χ4v) is 1.79. The number of hydrogen-bond acceptors (Lipinski definition) is 6. The Labute approximate surface area is 114 Å². The molecule has 0 atom stereocenters. The molecule has 0 unspecified atom stereocenters. The zero-order valence-electron chi connectivity index (χ0n) is 11.2. The number of hydrogen-bond donors (Lipinski definition) is 2. The molecular weight excluding hydrogens is 262 g/mol. The predicted molar refractivity (Wildman–Crippen MR) is 71.7 cm³/mol. The minimum absolute atomic E-state index is 0.0525. The molecule has 0 bridgehead atoms. The first-order valence-electron chi connectivity index (χ1n) is 6.18. The Morgan fingerprint density at radius 2 is 2.20 bits per heavy atom. The molecule has 2 aromatic rings. The number of nitrogens with one attached hydrogen (secondary N) is 1. The van der Waals surface area contributed by atoms with Crippen LogP contribution in [-0.2, 0) is 11.2 Å². The third kappa shape index (κ3) is 2.40. The molecule has 20 heavy (non-hydrogen) atoms. The highest BCUT2D eigenvalue weighted by atomic mass is 16.5. The Hall–Kier alpha value is -2.64. The fourth-order valence-electron chi connectivity index (χ4n) is 1.79. The highest BCUT2D eigenvalue weighted by molar-refractivity contribution is 5.92. The molecule has 0 saturated carbocycles. The van der Waals surface area contributed by atoms with Crippen LogP contribution < -0.4 is 11.3 Å². The van der Waals surface area contributed by atoms with E-state index >= 15 is 0 Å². The molecular formula is C12H15N5O3. The molecule has 0 aliphatic heterocycles. The van der Waals surface area contributed by atoms with Crippen molar-refractivity contribution in [3.8, 4) is 5.82 Å². The smallest absolute Gasteiger partial charge is 0.360 e. The number of esters is 1. The Morgan fingerprint density at radius 3 is 2.75 bits per heavy atom. The van der Waals surface area contributed by atoms with Crippen LogP contribution in [-0.4, -0.2) is 32.3 Å². The van der Waals surface area contributed by atoms with Gasteiger partial charge in [-0.3, -0.25) is 9.36 Å². The maximum Gasteiger partial charge on any atom is 0.360 e. The van der Waals surface area contributed by atoms with Gasteiger partial charge in [-0.2, -0.15) is 5.10 Å². The summed E-state index contributed by atoms with van der Waals surface area (Å²) < 4.78 is 6.42. The van der Waals surface area contributed by atoms with E-state index in [0.717, 1.165) is 0 Å². The van der Waals surface area contributed by atoms with E-state index in [9.17, 15) is 9.59 Å². The summed E-state index contributed by atoms with van der Waals surface area (Å²) in [5.74, 6) is 0.509. The van der Waals surface area contributed by atoms with Gasteiger partial charge >= 0.3 is 5.97 Å². The van der Waals surface area contributed by atoms with Gasteiger partial charge in [-0.25, -0.2) is 14.9 Å². The highest BCUT2D eigenvalue weighted by Gasteiger charge is 2.22. The van der Waals surface area contributed by atoms with Crippen molar-refractivity contribution in [1.82, 2.24) is 19.7 Å². The minimum atomic E-state index is -0.581. The molecule has 0 spiro atoms. The Kier molecular flexibility index (Phi) is 3.83. The van der Waals surface area contributed by atoms with Gasteiger partial charge in [-0.1, -0.05) is 6.92 Å². The molecule has 0 aromatic carbocycles. The number of nitrogens with zero attached hydrogens (tertiary/aromatic N) is 3. The maximum absolute atomic E-state index is 11.8. The van der Waals surface area contributed by atoms with E-state index in [1.807, 2.05) is 6.92 Å². The van der Waals surface area contributed by atoms with Gasteiger partial charge in [-0.05, 0) is 13.0 Å². The quantitative estimate of drug-likeness (QED) is 0.775. The van der Waals surface area contributed by atoms with E-state index in [2.05, 4.69) is 15.2 Å². The summed E-state index contributed by atoms with van der Waals surface area (Å²) in [6.45, 7) is 3.82. The van der Waals surface area contributed by atoms with Gasteiger partial charge in [0.15, 0.2) is 11.5 Å². The molecule has 0 aliphatic rings. The lowest BCUT2D eigenvalue weighted by molar-refractivity contribution is 0.0521. The van der Waals surface area contributed by atoms with Gasteiger partial charge in [0.1, 0.15) is 11.6 Å². The zero-order valence-corrected chi connectivity index (χ0v) is 11.2. The minimum Gasteiger partial charge on any atom is -0.461 e. The first-order valence-corrected chi connectivity index (χ1v) is 6.18. The first-order chi connectivity index (χ1) is 9.58. The van der Waals surface area contributed by atoms with Crippen LogP contribution >= 0.6 is 0 Å². The molecule has 0 radical (unpaired) electrons.